The molecule has 0 saturated carbocycles. The molecular weight excluding hydrogens is 541 g/mol. The highest BCUT2D eigenvalue weighted by atomic mass is 79.9. The van der Waals surface area contributed by atoms with Gasteiger partial charge in [0, 0.05) is 22.5 Å². The Bertz CT molecular complexity index is 1790. The van der Waals surface area contributed by atoms with Crippen molar-refractivity contribution in [3.8, 4) is 11.4 Å². The van der Waals surface area contributed by atoms with Crippen molar-refractivity contribution in [2.24, 2.45) is 5.73 Å². The summed E-state index contributed by atoms with van der Waals surface area (Å²) in [6.07, 6.45) is 2.98. The Balaban J connectivity index is 1.77. The maximum Gasteiger partial charge on any atom is 0.282 e. The fourth-order valence-corrected chi connectivity index (χ4v) is 4.75. The number of pyridine rings is 1. The van der Waals surface area contributed by atoms with E-state index in [0.29, 0.717) is 32.3 Å². The number of carbonyl (C=O) groups is 1. The van der Waals surface area contributed by atoms with Crippen molar-refractivity contribution in [3.05, 3.63) is 92.3 Å². The van der Waals surface area contributed by atoms with Crippen LogP contribution >= 0.6 is 15.9 Å². The van der Waals surface area contributed by atoms with Crippen LogP contribution in [-0.2, 0) is 12.0 Å². The van der Waals surface area contributed by atoms with Crippen molar-refractivity contribution in [3.63, 3.8) is 0 Å². The molecule has 3 heterocycles. The molecule has 0 aliphatic heterocycles. The van der Waals surface area contributed by atoms with E-state index in [1.165, 1.54) is 18.5 Å². The largest absolute Gasteiger partial charge is 0.392 e. The molecule has 10 heteroatoms. The molecule has 0 unspecified atom stereocenters. The summed E-state index contributed by atoms with van der Waals surface area (Å²) in [7, 11) is 0. The first-order chi connectivity index (χ1) is 17.5. The normalized spacial score (nSPS) is 11.9. The molecular formula is C27H23BrFN5O3. The Hall–Kier alpha value is -3.89. The number of fused-ring (bicyclic) bond motifs is 2. The molecule has 8 nitrogen and oxygen atoms in total. The third-order valence-electron chi connectivity index (χ3n) is 6.36. The van der Waals surface area contributed by atoms with Gasteiger partial charge >= 0.3 is 0 Å². The van der Waals surface area contributed by atoms with Crippen LogP contribution in [0.25, 0.3) is 33.2 Å². The van der Waals surface area contributed by atoms with Gasteiger partial charge in [-0.3, -0.25) is 9.59 Å². The molecule has 2 aromatic carbocycles. The number of hydrogen-bond acceptors (Lipinski definition) is 5. The van der Waals surface area contributed by atoms with Crippen LogP contribution in [0, 0.1) is 5.82 Å². The van der Waals surface area contributed by atoms with Gasteiger partial charge in [-0.1, -0.05) is 26.8 Å². The first kappa shape index (κ1) is 24.8. The molecule has 0 saturated heterocycles. The number of aliphatic hydroxyl groups is 1. The standard InChI is InChI=1S/C27H23BrFN5O3/c1-27(2,3)15-9-14-11-31-34(26(37)23(14)19(29)10-15)21-6-4-5-20(18(21)13-35)33-12-17(24(30)36)16-7-8-22(28)32-25(16)33/h4-12,35H,13H2,1-3H3,(H2,30,36). The Morgan fingerprint density at radius 1 is 1.16 bits per heavy atom. The molecule has 0 fully saturated rings. The average Bonchev–Trinajstić information content (AvgIpc) is 3.21. The first-order valence-corrected chi connectivity index (χ1v) is 12.2. The molecule has 0 radical (unpaired) electrons. The monoisotopic (exact) mass is 563 g/mol. The van der Waals surface area contributed by atoms with Crippen LogP contribution in [0.5, 0.6) is 0 Å². The van der Waals surface area contributed by atoms with Gasteiger partial charge in [0.25, 0.3) is 11.5 Å². The summed E-state index contributed by atoms with van der Waals surface area (Å²) in [5.41, 5.74) is 7.11. The number of nitrogens with two attached hydrogens (primary N) is 1. The van der Waals surface area contributed by atoms with Crippen molar-refractivity contribution >= 4 is 43.6 Å². The lowest BCUT2D eigenvalue weighted by atomic mass is 9.86. The molecule has 3 N–H and O–H groups in total. The highest BCUT2D eigenvalue weighted by molar-refractivity contribution is 9.10. The maximum atomic E-state index is 15.2. The van der Waals surface area contributed by atoms with Crippen LogP contribution in [-0.4, -0.2) is 30.3 Å². The van der Waals surface area contributed by atoms with Crippen molar-refractivity contribution in [1.29, 1.82) is 0 Å². The Morgan fingerprint density at radius 3 is 2.57 bits per heavy atom. The molecule has 0 aliphatic carbocycles. The SMILES string of the molecule is CC(C)(C)c1cc(F)c2c(=O)n(-c3cccc(-n4cc(C(N)=O)c5ccc(Br)nc54)c3CO)ncc2c1. The quantitative estimate of drug-likeness (QED) is 0.312. The smallest absolute Gasteiger partial charge is 0.282 e. The van der Waals surface area contributed by atoms with Gasteiger partial charge in [0.1, 0.15) is 16.1 Å². The van der Waals surface area contributed by atoms with Crippen LogP contribution in [0.15, 0.2) is 64.3 Å². The lowest BCUT2D eigenvalue weighted by Gasteiger charge is -2.20. The van der Waals surface area contributed by atoms with Crippen LogP contribution in [0.2, 0.25) is 0 Å². The predicted molar refractivity (Wildman–Crippen MR) is 143 cm³/mol. The number of benzene rings is 2. The van der Waals surface area contributed by atoms with Crippen LogP contribution in [0.4, 0.5) is 4.39 Å². The van der Waals surface area contributed by atoms with Gasteiger partial charge < -0.3 is 15.4 Å². The van der Waals surface area contributed by atoms with Crippen LogP contribution in [0.3, 0.4) is 0 Å². The number of hydrogen-bond donors (Lipinski definition) is 2. The van der Waals surface area contributed by atoms with Gasteiger partial charge in [0.2, 0.25) is 0 Å². The molecule has 5 rings (SSSR count). The van der Waals surface area contributed by atoms with E-state index in [1.54, 1.807) is 41.0 Å². The van der Waals surface area contributed by atoms with Crippen LogP contribution < -0.4 is 11.3 Å². The van der Waals surface area contributed by atoms with Crippen LogP contribution in [0.1, 0.15) is 42.3 Å². The van der Waals surface area contributed by atoms with Gasteiger partial charge in [-0.25, -0.2) is 9.37 Å². The number of aromatic nitrogens is 4. The van der Waals surface area contributed by atoms with Crippen molar-refractivity contribution in [1.82, 2.24) is 19.3 Å². The number of rotatable bonds is 4. The van der Waals surface area contributed by atoms with Gasteiger partial charge in [-0.15, -0.1) is 0 Å². The van der Waals surface area contributed by atoms with Crippen molar-refractivity contribution < 1.29 is 14.3 Å². The van der Waals surface area contributed by atoms with E-state index >= 15 is 4.39 Å². The minimum atomic E-state index is -0.654. The molecule has 0 aliphatic rings. The number of carbonyl (C=O) groups excluding carboxylic acids is 1. The Morgan fingerprint density at radius 2 is 1.89 bits per heavy atom. The van der Waals surface area contributed by atoms with E-state index in [1.807, 2.05) is 20.8 Å². The third kappa shape index (κ3) is 4.11. The van der Waals surface area contributed by atoms with Crippen molar-refractivity contribution in [2.75, 3.05) is 0 Å². The first-order valence-electron chi connectivity index (χ1n) is 11.4. The zero-order valence-corrected chi connectivity index (χ0v) is 21.9. The summed E-state index contributed by atoms with van der Waals surface area (Å²) >= 11 is 3.35. The van der Waals surface area contributed by atoms with Gasteiger partial charge in [-0.05, 0) is 63.3 Å². The highest BCUT2D eigenvalue weighted by Gasteiger charge is 2.22. The second-order valence-corrected chi connectivity index (χ2v) is 10.6. The van der Waals surface area contributed by atoms with Crippen molar-refractivity contribution in [2.45, 2.75) is 32.8 Å². The fraction of sp³-hybridized carbons (Fsp3) is 0.185. The second-order valence-electron chi connectivity index (χ2n) is 9.75. The summed E-state index contributed by atoms with van der Waals surface area (Å²) in [5, 5.41) is 15.5. The molecule has 188 valence electrons. The van der Waals surface area contributed by atoms with E-state index in [-0.39, 0.29) is 22.1 Å². The number of primary amides is 1. The van der Waals surface area contributed by atoms with E-state index < -0.39 is 23.9 Å². The number of nitrogens with zero attached hydrogens (tertiary/aromatic N) is 4. The summed E-state index contributed by atoms with van der Waals surface area (Å²) < 4.78 is 18.4. The lowest BCUT2D eigenvalue weighted by Crippen LogP contribution is -2.24. The molecule has 37 heavy (non-hydrogen) atoms. The van der Waals surface area contributed by atoms with E-state index in [4.69, 9.17) is 5.73 Å². The minimum absolute atomic E-state index is 0.0923. The summed E-state index contributed by atoms with van der Waals surface area (Å²) in [5.74, 6) is -1.27. The molecule has 0 atom stereocenters. The molecule has 0 spiro atoms. The maximum absolute atomic E-state index is 15.2. The topological polar surface area (TPSA) is 116 Å². The number of halogens is 2. The average molecular weight is 564 g/mol. The zero-order chi connectivity index (χ0) is 26.6. The molecule has 1 amide bonds. The lowest BCUT2D eigenvalue weighted by molar-refractivity contribution is 0.100. The third-order valence-corrected chi connectivity index (χ3v) is 6.80. The van der Waals surface area contributed by atoms with Gasteiger partial charge in [0.15, 0.2) is 0 Å². The van der Waals surface area contributed by atoms with Gasteiger partial charge in [0.05, 0.1) is 35.1 Å². The summed E-state index contributed by atoms with van der Waals surface area (Å²) in [6, 6.07) is 11.6. The zero-order valence-electron chi connectivity index (χ0n) is 20.3. The minimum Gasteiger partial charge on any atom is -0.392 e. The highest BCUT2D eigenvalue weighted by Crippen LogP contribution is 2.30. The molecule has 5 aromatic rings. The summed E-state index contributed by atoms with van der Waals surface area (Å²) in [6.45, 7) is 5.42. The molecule has 0 bridgehead atoms. The van der Waals surface area contributed by atoms with E-state index in [2.05, 4.69) is 26.0 Å². The Labute approximate surface area is 219 Å². The fourth-order valence-electron chi connectivity index (χ4n) is 4.45. The Kier molecular flexibility index (Phi) is 5.96. The number of amides is 1. The van der Waals surface area contributed by atoms with Gasteiger partial charge in [-0.2, -0.15) is 9.78 Å². The van der Waals surface area contributed by atoms with E-state index in [0.717, 1.165) is 10.2 Å². The summed E-state index contributed by atoms with van der Waals surface area (Å²) in [4.78, 5) is 30.1. The molecule has 3 aromatic heterocycles. The predicted octanol–water partition coefficient (Wildman–Crippen LogP) is 4.51. The second kappa shape index (κ2) is 8.89. The van der Waals surface area contributed by atoms with E-state index in [9.17, 15) is 14.7 Å². The number of aliphatic hydroxyl groups excluding tert-OH is 1.